The van der Waals surface area contributed by atoms with Crippen LogP contribution in [0.2, 0.25) is 0 Å². The first-order valence-electron chi connectivity index (χ1n) is 8.68. The average Bonchev–Trinajstić information content (AvgIpc) is 3.12. The lowest BCUT2D eigenvalue weighted by atomic mass is 10.1. The first kappa shape index (κ1) is 20.6. The van der Waals surface area contributed by atoms with Crippen molar-refractivity contribution in [3.8, 4) is 5.75 Å². The van der Waals surface area contributed by atoms with Crippen molar-refractivity contribution in [1.29, 1.82) is 0 Å². The van der Waals surface area contributed by atoms with E-state index in [0.717, 1.165) is 31.4 Å². The maximum atomic E-state index is 13.8. The number of amides is 1. The van der Waals surface area contributed by atoms with Crippen molar-refractivity contribution in [3.63, 3.8) is 0 Å². The molecule has 1 amide bonds. The van der Waals surface area contributed by atoms with Crippen molar-refractivity contribution < 1.29 is 36.6 Å². The summed E-state index contributed by atoms with van der Waals surface area (Å²) in [7, 11) is 1.16. The smallest absolute Gasteiger partial charge is 0.416 e. The summed E-state index contributed by atoms with van der Waals surface area (Å²) in [6, 6.07) is 8.40. The number of carbonyl (C=O) groups excluding carboxylic acids is 2. The minimum absolute atomic E-state index is 0.0153. The van der Waals surface area contributed by atoms with E-state index < -0.39 is 41.6 Å². The van der Waals surface area contributed by atoms with Gasteiger partial charge in [0.25, 0.3) is 5.91 Å². The maximum absolute atomic E-state index is 13.8. The SMILES string of the molecule is COC(=O)C1CC(Oc2ccccc2F)CN1C(=O)c1ccc(C(F)(F)F)cc1. The molecule has 0 radical (unpaired) electrons. The van der Waals surface area contributed by atoms with E-state index in [9.17, 15) is 27.2 Å². The third-order valence-electron chi connectivity index (χ3n) is 4.59. The molecule has 3 rings (SSSR count). The summed E-state index contributed by atoms with van der Waals surface area (Å²) < 4.78 is 62.3. The molecule has 29 heavy (non-hydrogen) atoms. The molecule has 0 spiro atoms. The number of benzene rings is 2. The van der Waals surface area contributed by atoms with E-state index >= 15 is 0 Å². The van der Waals surface area contributed by atoms with Crippen LogP contribution < -0.4 is 4.74 Å². The topological polar surface area (TPSA) is 55.8 Å². The van der Waals surface area contributed by atoms with Crippen molar-refractivity contribution >= 4 is 11.9 Å². The molecule has 0 saturated carbocycles. The van der Waals surface area contributed by atoms with E-state index in [0.29, 0.717) is 0 Å². The van der Waals surface area contributed by atoms with Gasteiger partial charge >= 0.3 is 12.1 Å². The van der Waals surface area contributed by atoms with Gasteiger partial charge in [-0.1, -0.05) is 12.1 Å². The molecule has 1 aliphatic rings. The fourth-order valence-corrected chi connectivity index (χ4v) is 3.15. The Bertz CT molecular complexity index is 898. The summed E-state index contributed by atoms with van der Waals surface area (Å²) in [5.41, 5.74) is -0.904. The zero-order valence-electron chi connectivity index (χ0n) is 15.3. The van der Waals surface area contributed by atoms with Crippen LogP contribution in [0.4, 0.5) is 17.6 Å². The van der Waals surface area contributed by atoms with Gasteiger partial charge in [-0.2, -0.15) is 13.2 Å². The average molecular weight is 411 g/mol. The third-order valence-corrected chi connectivity index (χ3v) is 4.59. The molecule has 9 heteroatoms. The van der Waals surface area contributed by atoms with E-state index in [1.54, 1.807) is 6.07 Å². The van der Waals surface area contributed by atoms with Gasteiger partial charge in [0, 0.05) is 12.0 Å². The minimum atomic E-state index is -4.53. The van der Waals surface area contributed by atoms with Crippen molar-refractivity contribution in [3.05, 3.63) is 65.5 Å². The second-order valence-electron chi connectivity index (χ2n) is 6.48. The minimum Gasteiger partial charge on any atom is -0.485 e. The van der Waals surface area contributed by atoms with Crippen molar-refractivity contribution in [2.24, 2.45) is 0 Å². The lowest BCUT2D eigenvalue weighted by molar-refractivity contribution is -0.145. The molecule has 1 fully saturated rings. The summed E-state index contributed by atoms with van der Waals surface area (Å²) >= 11 is 0. The zero-order chi connectivity index (χ0) is 21.2. The van der Waals surface area contributed by atoms with Crippen LogP contribution in [-0.2, 0) is 15.7 Å². The van der Waals surface area contributed by atoms with Crippen LogP contribution in [-0.4, -0.2) is 42.6 Å². The van der Waals surface area contributed by atoms with Gasteiger partial charge in [0.1, 0.15) is 12.1 Å². The van der Waals surface area contributed by atoms with Gasteiger partial charge in [-0.05, 0) is 36.4 Å². The monoisotopic (exact) mass is 411 g/mol. The number of likely N-dealkylation sites (tertiary alicyclic amines) is 1. The molecule has 0 bridgehead atoms. The second kappa shape index (κ2) is 8.10. The largest absolute Gasteiger partial charge is 0.485 e. The van der Waals surface area contributed by atoms with Gasteiger partial charge in [-0.3, -0.25) is 4.79 Å². The predicted octanol–water partition coefficient (Wildman–Crippen LogP) is 3.68. The number of hydrogen-bond acceptors (Lipinski definition) is 4. The molecule has 1 saturated heterocycles. The van der Waals surface area contributed by atoms with E-state index in [-0.39, 0.29) is 24.3 Å². The lowest BCUT2D eigenvalue weighted by Crippen LogP contribution is -2.41. The Balaban J connectivity index is 1.80. The highest BCUT2D eigenvalue weighted by Crippen LogP contribution is 2.30. The molecule has 0 aromatic heterocycles. The highest BCUT2D eigenvalue weighted by atomic mass is 19.4. The number of nitrogens with zero attached hydrogens (tertiary/aromatic N) is 1. The van der Waals surface area contributed by atoms with E-state index in [4.69, 9.17) is 9.47 Å². The number of para-hydroxylation sites is 1. The maximum Gasteiger partial charge on any atom is 0.416 e. The van der Waals surface area contributed by atoms with Gasteiger partial charge in [-0.15, -0.1) is 0 Å². The van der Waals surface area contributed by atoms with Crippen LogP contribution in [0.3, 0.4) is 0 Å². The Kier molecular flexibility index (Phi) is 5.76. The number of esters is 1. The number of halogens is 4. The van der Waals surface area contributed by atoms with E-state index in [1.165, 1.54) is 23.1 Å². The van der Waals surface area contributed by atoms with E-state index in [2.05, 4.69) is 0 Å². The number of carbonyl (C=O) groups is 2. The fourth-order valence-electron chi connectivity index (χ4n) is 3.15. The highest BCUT2D eigenvalue weighted by Gasteiger charge is 2.42. The first-order valence-corrected chi connectivity index (χ1v) is 8.68. The lowest BCUT2D eigenvalue weighted by Gasteiger charge is -2.22. The Hall–Kier alpha value is -3.10. The summed E-state index contributed by atoms with van der Waals surface area (Å²) in [6.07, 6.45) is -5.15. The van der Waals surface area contributed by atoms with Gasteiger partial charge in [-0.25, -0.2) is 9.18 Å². The zero-order valence-corrected chi connectivity index (χ0v) is 15.3. The molecule has 0 N–H and O–H groups in total. The standard InChI is InChI=1S/C20H17F4NO4/c1-28-19(27)16-10-14(29-17-5-3-2-4-15(17)21)11-25(16)18(26)12-6-8-13(9-7-12)20(22,23)24/h2-9,14,16H,10-11H2,1H3. The van der Waals surface area contributed by atoms with Gasteiger partial charge in [0.05, 0.1) is 19.2 Å². The molecule has 1 heterocycles. The van der Waals surface area contributed by atoms with Crippen LogP contribution in [0.15, 0.2) is 48.5 Å². The van der Waals surface area contributed by atoms with E-state index in [1.807, 2.05) is 0 Å². The molecule has 2 unspecified atom stereocenters. The van der Waals surface area contributed by atoms with Crippen molar-refractivity contribution in [2.45, 2.75) is 24.7 Å². The molecule has 2 atom stereocenters. The quantitative estimate of drug-likeness (QED) is 0.569. The molecular weight excluding hydrogens is 394 g/mol. The van der Waals surface area contributed by atoms with Gasteiger partial charge < -0.3 is 14.4 Å². The van der Waals surface area contributed by atoms with Crippen LogP contribution in [0.5, 0.6) is 5.75 Å². The normalized spacial score (nSPS) is 19.1. The second-order valence-corrected chi connectivity index (χ2v) is 6.48. The van der Waals surface area contributed by atoms with Gasteiger partial charge in [0.2, 0.25) is 0 Å². The summed E-state index contributed by atoms with van der Waals surface area (Å²) in [5.74, 6) is -1.95. The summed E-state index contributed by atoms with van der Waals surface area (Å²) in [4.78, 5) is 26.1. The van der Waals surface area contributed by atoms with Crippen LogP contribution >= 0.6 is 0 Å². The van der Waals surface area contributed by atoms with Crippen molar-refractivity contribution in [2.75, 3.05) is 13.7 Å². The first-order chi connectivity index (χ1) is 13.7. The Labute approximate surface area is 163 Å². The Morgan fingerprint density at radius 1 is 1.07 bits per heavy atom. The molecule has 154 valence electrons. The Morgan fingerprint density at radius 3 is 2.31 bits per heavy atom. The number of rotatable bonds is 4. The van der Waals surface area contributed by atoms with Gasteiger partial charge in [0.15, 0.2) is 11.6 Å². The number of ether oxygens (including phenoxy) is 2. The molecule has 2 aromatic rings. The third kappa shape index (κ3) is 4.49. The number of hydrogen-bond donors (Lipinski definition) is 0. The number of alkyl halides is 3. The summed E-state index contributed by atoms with van der Waals surface area (Å²) in [6.45, 7) is -0.0477. The van der Waals surface area contributed by atoms with Crippen LogP contribution in [0.1, 0.15) is 22.3 Å². The fraction of sp³-hybridized carbons (Fsp3) is 0.300. The van der Waals surface area contributed by atoms with Crippen LogP contribution in [0, 0.1) is 5.82 Å². The summed E-state index contributed by atoms with van der Waals surface area (Å²) in [5, 5.41) is 0. The van der Waals surface area contributed by atoms with Crippen LogP contribution in [0.25, 0.3) is 0 Å². The number of methoxy groups -OCH3 is 1. The molecule has 0 aliphatic carbocycles. The highest BCUT2D eigenvalue weighted by molar-refractivity contribution is 5.97. The van der Waals surface area contributed by atoms with Crippen molar-refractivity contribution in [1.82, 2.24) is 4.90 Å². The Morgan fingerprint density at radius 2 is 1.72 bits per heavy atom. The molecular formula is C20H17F4NO4. The predicted molar refractivity (Wildman–Crippen MR) is 93.7 cm³/mol. The molecule has 1 aliphatic heterocycles. The molecule has 5 nitrogen and oxygen atoms in total. The molecule has 2 aromatic carbocycles.